The van der Waals surface area contributed by atoms with E-state index in [1.807, 2.05) is 29.3 Å². The number of rotatable bonds is 5. The summed E-state index contributed by atoms with van der Waals surface area (Å²) < 4.78 is 10.0. The van der Waals surface area contributed by atoms with Crippen molar-refractivity contribution in [2.75, 3.05) is 26.7 Å². The van der Waals surface area contributed by atoms with Crippen LogP contribution in [-0.2, 0) is 17.8 Å². The summed E-state index contributed by atoms with van der Waals surface area (Å²) in [6, 6.07) is 10.4. The van der Waals surface area contributed by atoms with Crippen molar-refractivity contribution in [1.82, 2.24) is 24.2 Å². The molecular weight excluding hydrogens is 314 g/mol. The Morgan fingerprint density at radius 3 is 3.00 bits per heavy atom. The molecule has 6 nitrogen and oxygen atoms in total. The van der Waals surface area contributed by atoms with Gasteiger partial charge in [-0.05, 0) is 24.7 Å². The Labute approximate surface area is 147 Å². The summed E-state index contributed by atoms with van der Waals surface area (Å²) in [6.45, 7) is 4.34. The van der Waals surface area contributed by atoms with Crippen molar-refractivity contribution in [3.8, 4) is 11.4 Å². The van der Waals surface area contributed by atoms with E-state index in [1.165, 1.54) is 5.56 Å². The average Bonchev–Trinajstić information content (AvgIpc) is 3.27. The minimum atomic E-state index is 0.207. The van der Waals surface area contributed by atoms with Crippen molar-refractivity contribution in [1.29, 1.82) is 0 Å². The molecule has 25 heavy (non-hydrogen) atoms. The molecule has 0 aliphatic carbocycles. The molecule has 0 amide bonds. The fraction of sp³-hybridized carbons (Fsp3) is 0.368. The second kappa shape index (κ2) is 7.21. The van der Waals surface area contributed by atoms with Crippen molar-refractivity contribution in [3.05, 3.63) is 60.7 Å². The number of hydrogen-bond acceptors (Lipinski definition) is 4. The SMILES string of the molecule is CN1CCOC(Cn2ccnc2-c2cccc(Cn3cccn3)c2)C1. The third kappa shape index (κ3) is 3.81. The molecule has 1 unspecified atom stereocenters. The molecule has 6 heteroatoms. The van der Waals surface area contributed by atoms with Crippen molar-refractivity contribution in [2.45, 2.75) is 19.2 Å². The number of aromatic nitrogens is 4. The van der Waals surface area contributed by atoms with E-state index < -0.39 is 0 Å². The van der Waals surface area contributed by atoms with Crippen LogP contribution in [0.1, 0.15) is 5.56 Å². The van der Waals surface area contributed by atoms with Gasteiger partial charge in [0.25, 0.3) is 0 Å². The largest absolute Gasteiger partial charge is 0.374 e. The Hall–Kier alpha value is -2.44. The summed E-state index contributed by atoms with van der Waals surface area (Å²) in [4.78, 5) is 6.90. The molecule has 3 aromatic rings. The second-order valence-electron chi connectivity index (χ2n) is 6.56. The van der Waals surface area contributed by atoms with Gasteiger partial charge in [-0.1, -0.05) is 18.2 Å². The first-order valence-electron chi connectivity index (χ1n) is 8.66. The maximum atomic E-state index is 5.90. The van der Waals surface area contributed by atoms with E-state index in [2.05, 4.69) is 50.9 Å². The Kier molecular flexibility index (Phi) is 4.63. The molecule has 1 aromatic carbocycles. The third-order valence-electron chi connectivity index (χ3n) is 4.55. The zero-order valence-electron chi connectivity index (χ0n) is 14.5. The summed E-state index contributed by atoms with van der Waals surface area (Å²) in [6.07, 6.45) is 7.89. The average molecular weight is 337 g/mol. The normalized spacial score (nSPS) is 18.5. The van der Waals surface area contributed by atoms with Crippen molar-refractivity contribution >= 4 is 0 Å². The predicted octanol–water partition coefficient (Wildman–Crippen LogP) is 2.13. The first-order chi connectivity index (χ1) is 12.3. The molecular formula is C19H23N5O. The van der Waals surface area contributed by atoms with Gasteiger partial charge in [-0.25, -0.2) is 4.98 Å². The summed E-state index contributed by atoms with van der Waals surface area (Å²) in [5.41, 5.74) is 2.34. The molecule has 1 atom stereocenters. The van der Waals surface area contributed by atoms with E-state index in [0.717, 1.165) is 44.2 Å². The van der Waals surface area contributed by atoms with Crippen molar-refractivity contribution in [3.63, 3.8) is 0 Å². The van der Waals surface area contributed by atoms with Gasteiger partial charge < -0.3 is 14.2 Å². The van der Waals surface area contributed by atoms with Crippen LogP contribution >= 0.6 is 0 Å². The summed E-state index contributed by atoms with van der Waals surface area (Å²) in [5.74, 6) is 0.985. The highest BCUT2D eigenvalue weighted by molar-refractivity contribution is 5.56. The van der Waals surface area contributed by atoms with Crippen molar-refractivity contribution < 1.29 is 4.74 Å². The van der Waals surface area contributed by atoms with Crippen LogP contribution in [0.2, 0.25) is 0 Å². The van der Waals surface area contributed by atoms with Gasteiger partial charge in [0.05, 0.1) is 25.8 Å². The van der Waals surface area contributed by atoms with E-state index in [9.17, 15) is 0 Å². The van der Waals surface area contributed by atoms with Crippen LogP contribution in [0.4, 0.5) is 0 Å². The van der Waals surface area contributed by atoms with E-state index in [-0.39, 0.29) is 6.10 Å². The van der Waals surface area contributed by atoms with E-state index in [0.29, 0.717) is 0 Å². The fourth-order valence-corrected chi connectivity index (χ4v) is 3.30. The minimum Gasteiger partial charge on any atom is -0.374 e. The van der Waals surface area contributed by atoms with Crippen LogP contribution in [-0.4, -0.2) is 57.1 Å². The van der Waals surface area contributed by atoms with E-state index in [4.69, 9.17) is 4.74 Å². The first-order valence-corrected chi connectivity index (χ1v) is 8.66. The van der Waals surface area contributed by atoms with Gasteiger partial charge in [-0.3, -0.25) is 4.68 Å². The lowest BCUT2D eigenvalue weighted by Crippen LogP contribution is -2.41. The Bertz CT molecular complexity index is 811. The monoisotopic (exact) mass is 337 g/mol. The zero-order chi connectivity index (χ0) is 17.1. The Morgan fingerprint density at radius 1 is 1.20 bits per heavy atom. The summed E-state index contributed by atoms with van der Waals surface area (Å²) in [5, 5.41) is 4.28. The van der Waals surface area contributed by atoms with Gasteiger partial charge >= 0.3 is 0 Å². The highest BCUT2D eigenvalue weighted by Crippen LogP contribution is 2.20. The highest BCUT2D eigenvalue weighted by Gasteiger charge is 2.19. The molecule has 1 saturated heterocycles. The van der Waals surface area contributed by atoms with Crippen LogP contribution in [0.3, 0.4) is 0 Å². The van der Waals surface area contributed by atoms with Gasteiger partial charge in [0.1, 0.15) is 5.82 Å². The number of hydrogen-bond donors (Lipinski definition) is 0. The zero-order valence-corrected chi connectivity index (χ0v) is 14.5. The molecule has 1 fully saturated rings. The van der Waals surface area contributed by atoms with Gasteiger partial charge in [0, 0.05) is 43.4 Å². The molecule has 4 rings (SSSR count). The molecule has 0 bridgehead atoms. The van der Waals surface area contributed by atoms with Crippen LogP contribution < -0.4 is 0 Å². The lowest BCUT2D eigenvalue weighted by atomic mass is 10.1. The highest BCUT2D eigenvalue weighted by atomic mass is 16.5. The molecule has 3 heterocycles. The number of benzene rings is 1. The number of imidazole rings is 1. The topological polar surface area (TPSA) is 48.1 Å². The smallest absolute Gasteiger partial charge is 0.139 e. The summed E-state index contributed by atoms with van der Waals surface area (Å²) >= 11 is 0. The second-order valence-corrected chi connectivity index (χ2v) is 6.56. The van der Waals surface area contributed by atoms with Crippen molar-refractivity contribution in [2.24, 2.45) is 0 Å². The summed E-state index contributed by atoms with van der Waals surface area (Å²) in [7, 11) is 2.14. The number of morpholine rings is 1. The third-order valence-corrected chi connectivity index (χ3v) is 4.55. The maximum absolute atomic E-state index is 5.90. The van der Waals surface area contributed by atoms with Crippen LogP contribution in [0, 0.1) is 0 Å². The Balaban J connectivity index is 1.53. The molecule has 130 valence electrons. The first kappa shape index (κ1) is 16.1. The molecule has 1 aliphatic rings. The van der Waals surface area contributed by atoms with E-state index in [1.54, 1.807) is 6.20 Å². The number of likely N-dealkylation sites (N-methyl/N-ethyl adjacent to an activating group) is 1. The molecule has 2 aromatic heterocycles. The predicted molar refractivity (Wildman–Crippen MR) is 96.2 cm³/mol. The van der Waals surface area contributed by atoms with Gasteiger partial charge in [-0.15, -0.1) is 0 Å². The standard InChI is InChI=1S/C19H23N5O/c1-22-10-11-25-18(14-22)15-23-9-7-20-19(23)17-5-2-4-16(12-17)13-24-8-3-6-21-24/h2-9,12,18H,10-11,13-15H2,1H3. The minimum absolute atomic E-state index is 0.207. The molecule has 0 radical (unpaired) electrons. The number of ether oxygens (including phenoxy) is 1. The fourth-order valence-electron chi connectivity index (χ4n) is 3.30. The quantitative estimate of drug-likeness (QED) is 0.716. The van der Waals surface area contributed by atoms with Gasteiger partial charge in [0.2, 0.25) is 0 Å². The van der Waals surface area contributed by atoms with Gasteiger partial charge in [-0.2, -0.15) is 5.10 Å². The molecule has 0 spiro atoms. The maximum Gasteiger partial charge on any atom is 0.139 e. The van der Waals surface area contributed by atoms with Crippen LogP contribution in [0.5, 0.6) is 0 Å². The van der Waals surface area contributed by atoms with Crippen LogP contribution in [0.25, 0.3) is 11.4 Å². The lowest BCUT2D eigenvalue weighted by molar-refractivity contribution is -0.0272. The molecule has 1 aliphatic heterocycles. The lowest BCUT2D eigenvalue weighted by Gasteiger charge is -2.30. The van der Waals surface area contributed by atoms with Crippen LogP contribution in [0.15, 0.2) is 55.1 Å². The van der Waals surface area contributed by atoms with E-state index >= 15 is 0 Å². The Morgan fingerprint density at radius 2 is 2.16 bits per heavy atom. The molecule has 0 saturated carbocycles. The number of nitrogens with zero attached hydrogens (tertiary/aromatic N) is 5. The van der Waals surface area contributed by atoms with Gasteiger partial charge in [0.15, 0.2) is 0 Å². The molecule has 0 N–H and O–H groups in total.